The van der Waals surface area contributed by atoms with Crippen molar-refractivity contribution in [1.29, 1.82) is 0 Å². The van der Waals surface area contributed by atoms with Crippen LogP contribution in [0.1, 0.15) is 6.42 Å². The first-order chi connectivity index (χ1) is 5.95. The SMILES string of the molecule is [C+]1=CC=CC=CC1.[Cl][Sb-]([Cl])([Cl])([Cl])([Cl])[Cl]. The first-order valence-electron chi connectivity index (χ1n) is 3.40. The normalized spacial score (nSPS) is 19.6. The van der Waals surface area contributed by atoms with Gasteiger partial charge in [-0.1, -0.05) is 6.08 Å². The van der Waals surface area contributed by atoms with Crippen molar-refractivity contribution in [2.24, 2.45) is 0 Å². The number of hydrogen-bond acceptors (Lipinski definition) is 0. The van der Waals surface area contributed by atoms with E-state index >= 15 is 0 Å². The zero-order valence-electron chi connectivity index (χ0n) is 6.81. The van der Waals surface area contributed by atoms with Crippen LogP contribution in [0.3, 0.4) is 0 Å². The van der Waals surface area contributed by atoms with Crippen molar-refractivity contribution in [3.8, 4) is 0 Å². The Balaban J connectivity index is 0.000000241. The minimum absolute atomic E-state index is 0.951. The van der Waals surface area contributed by atoms with Gasteiger partial charge in [0.1, 0.15) is 6.42 Å². The van der Waals surface area contributed by atoms with Gasteiger partial charge in [-0.05, 0) is 6.08 Å². The van der Waals surface area contributed by atoms with E-state index in [-0.39, 0.29) is 0 Å². The van der Waals surface area contributed by atoms with E-state index in [2.05, 4.69) is 12.2 Å². The predicted octanol–water partition coefficient (Wildman–Crippen LogP) is 5.62. The molecule has 0 saturated heterocycles. The maximum absolute atomic E-state index is 5.42. The van der Waals surface area contributed by atoms with Gasteiger partial charge < -0.3 is 0 Å². The Morgan fingerprint density at radius 2 is 1.36 bits per heavy atom. The van der Waals surface area contributed by atoms with Crippen LogP contribution in [0.15, 0.2) is 30.4 Å². The predicted molar refractivity (Wildman–Crippen MR) is 71.6 cm³/mol. The second kappa shape index (κ2) is 4.90. The third-order valence-electron chi connectivity index (χ3n) is 0.808. The van der Waals surface area contributed by atoms with E-state index in [4.69, 9.17) is 53.0 Å². The van der Waals surface area contributed by atoms with Gasteiger partial charge >= 0.3 is 62.1 Å². The summed E-state index contributed by atoms with van der Waals surface area (Å²) in [7, 11) is 25.0. The van der Waals surface area contributed by atoms with Gasteiger partial charge in [-0.15, -0.1) is 0 Å². The van der Waals surface area contributed by atoms with E-state index in [0.717, 1.165) is 6.42 Å². The Bertz CT molecular complexity index is 241. The van der Waals surface area contributed by atoms with Gasteiger partial charge in [-0.25, -0.2) is 0 Å². The van der Waals surface area contributed by atoms with E-state index < -0.39 is 9.14 Å². The molecule has 1 aliphatic rings. The molecule has 0 unspecified atom stereocenters. The quantitative estimate of drug-likeness (QED) is 0.349. The summed E-state index contributed by atoms with van der Waals surface area (Å²) in [6, 6.07) is 0. The molecule has 1 rings (SSSR count). The van der Waals surface area contributed by atoms with Crippen molar-refractivity contribution < 1.29 is 0 Å². The van der Waals surface area contributed by atoms with Crippen LogP contribution in [0.2, 0.25) is 0 Å². The van der Waals surface area contributed by atoms with Gasteiger partial charge in [0.25, 0.3) is 0 Å². The van der Waals surface area contributed by atoms with Crippen LogP contribution in [-0.2, 0) is 0 Å². The Hall–Kier alpha value is 1.69. The van der Waals surface area contributed by atoms with Crippen molar-refractivity contribution in [3.05, 3.63) is 36.5 Å². The standard InChI is InChI=1S/C7H7.6ClH.Sb/c1-2-4-6-7-5-3-1;;;;;;;/h1-5H,6H2;6*1H;/q+1;;;;;;;+5/p-6. The summed E-state index contributed by atoms with van der Waals surface area (Å²) >= 11 is 0. The third kappa shape index (κ3) is 29.2. The van der Waals surface area contributed by atoms with Gasteiger partial charge in [-0.3, -0.25) is 0 Å². The summed E-state index contributed by atoms with van der Waals surface area (Å²) in [5.74, 6) is 0. The molecule has 0 aliphatic heterocycles. The van der Waals surface area contributed by atoms with Gasteiger partial charge in [0.15, 0.2) is 6.08 Å². The number of allylic oxidation sites excluding steroid dienone is 6. The third-order valence-corrected chi connectivity index (χ3v) is 0.808. The average molecular weight is 426 g/mol. The van der Waals surface area contributed by atoms with Crippen molar-refractivity contribution in [2.75, 3.05) is 0 Å². The molecule has 0 spiro atoms. The second-order valence-electron chi connectivity index (χ2n) is 2.35. The van der Waals surface area contributed by atoms with Gasteiger partial charge in [0.2, 0.25) is 0 Å². The monoisotopic (exact) mass is 422 g/mol. The van der Waals surface area contributed by atoms with Crippen molar-refractivity contribution >= 4 is 62.1 Å². The van der Waals surface area contributed by atoms with E-state index in [1.807, 2.05) is 24.3 Å². The van der Waals surface area contributed by atoms with E-state index in [1.165, 1.54) is 0 Å². The Morgan fingerprint density at radius 3 is 1.86 bits per heavy atom. The zero-order valence-corrected chi connectivity index (χ0v) is 13.9. The molecule has 0 amide bonds. The molecule has 0 saturated carbocycles. The summed E-state index contributed by atoms with van der Waals surface area (Å²) < 4.78 is 0. The summed E-state index contributed by atoms with van der Waals surface area (Å²) in [5, 5.41) is 0. The van der Waals surface area contributed by atoms with Crippen LogP contribution in [0.25, 0.3) is 0 Å². The van der Waals surface area contributed by atoms with Crippen molar-refractivity contribution in [2.45, 2.75) is 6.42 Å². The Morgan fingerprint density at radius 1 is 0.857 bits per heavy atom. The van der Waals surface area contributed by atoms with Crippen LogP contribution in [0, 0.1) is 6.08 Å². The van der Waals surface area contributed by atoms with Crippen LogP contribution in [0.4, 0.5) is 0 Å². The molecular formula is C7H7Cl6Sb. The molecule has 0 radical (unpaired) electrons. The molecule has 0 aromatic rings. The summed E-state index contributed by atoms with van der Waals surface area (Å²) in [5.41, 5.74) is 0. The summed E-state index contributed by atoms with van der Waals surface area (Å²) in [6.45, 7) is 0. The van der Waals surface area contributed by atoms with Crippen molar-refractivity contribution in [1.82, 2.24) is 0 Å². The van der Waals surface area contributed by atoms with Crippen LogP contribution >= 0.6 is 53.0 Å². The topological polar surface area (TPSA) is 0 Å². The maximum atomic E-state index is 5.06. The molecule has 0 atom stereocenters. The number of rotatable bonds is 0. The molecule has 0 nitrogen and oxygen atoms in total. The molecule has 0 heterocycles. The van der Waals surface area contributed by atoms with Gasteiger partial charge in [0.05, 0.1) is 12.2 Å². The molecule has 1 aliphatic carbocycles. The second-order valence-corrected chi connectivity index (χ2v) is 59.2. The van der Waals surface area contributed by atoms with Gasteiger partial charge in [-0.2, -0.15) is 0 Å². The van der Waals surface area contributed by atoms with Crippen molar-refractivity contribution in [3.63, 3.8) is 0 Å². The summed E-state index contributed by atoms with van der Waals surface area (Å²) in [6.07, 6.45) is 14.0. The van der Waals surface area contributed by atoms with E-state index in [9.17, 15) is 0 Å². The molecule has 7 heteroatoms. The van der Waals surface area contributed by atoms with Gasteiger partial charge in [0, 0.05) is 6.08 Å². The first kappa shape index (κ1) is 15.7. The Kier molecular flexibility index (Phi) is 5.50. The van der Waals surface area contributed by atoms with E-state index in [1.54, 1.807) is 0 Å². The van der Waals surface area contributed by atoms with Crippen LogP contribution in [-0.4, -0.2) is 9.14 Å². The van der Waals surface area contributed by atoms with E-state index in [0.29, 0.717) is 0 Å². The Labute approximate surface area is 104 Å². The molecule has 0 aromatic carbocycles. The fourth-order valence-corrected chi connectivity index (χ4v) is 0.470. The first-order valence-corrected chi connectivity index (χ1v) is 22.8. The molecular weight excluding hydrogens is 419 g/mol. The number of hydrogen-bond donors (Lipinski definition) is 0. The fourth-order valence-electron chi connectivity index (χ4n) is 0.470. The van der Waals surface area contributed by atoms with Crippen LogP contribution in [0.5, 0.6) is 0 Å². The molecule has 0 bridgehead atoms. The fraction of sp³-hybridized carbons (Fsp3) is 0.143. The zero-order chi connectivity index (χ0) is 11.4. The molecule has 0 aromatic heterocycles. The molecule has 14 heavy (non-hydrogen) atoms. The van der Waals surface area contributed by atoms with Crippen LogP contribution < -0.4 is 0 Å². The minimum atomic E-state index is -5.42. The average Bonchev–Trinajstić information content (AvgIpc) is 2.06. The molecule has 82 valence electrons. The summed E-state index contributed by atoms with van der Waals surface area (Å²) in [4.78, 5) is 0. The molecule has 0 N–H and O–H groups in total. The number of halogens is 6. The molecule has 0 fully saturated rings.